The smallest absolute Gasteiger partial charge is 0.326 e. The van der Waals surface area contributed by atoms with Gasteiger partial charge < -0.3 is 14.8 Å². The second kappa shape index (κ2) is 6.20. The van der Waals surface area contributed by atoms with Crippen LogP contribution >= 0.6 is 0 Å². The van der Waals surface area contributed by atoms with Gasteiger partial charge in [-0.2, -0.15) is 0 Å². The summed E-state index contributed by atoms with van der Waals surface area (Å²) in [5, 5.41) is 3.21. The van der Waals surface area contributed by atoms with E-state index in [9.17, 15) is 4.79 Å². The molecule has 1 aliphatic heterocycles. The first-order chi connectivity index (χ1) is 9.15. The molecular weight excluding hydrogens is 244 g/mol. The highest BCUT2D eigenvalue weighted by molar-refractivity contribution is 5.81. The molecule has 1 N–H and O–H groups in total. The van der Waals surface area contributed by atoms with E-state index >= 15 is 0 Å². The maximum atomic E-state index is 12.2. The first kappa shape index (κ1) is 14.8. The lowest BCUT2D eigenvalue weighted by molar-refractivity contribution is -0.151. The molecule has 1 heterocycles. The number of carbonyl (C=O) groups excluding carboxylic acids is 1. The van der Waals surface area contributed by atoms with E-state index in [0.29, 0.717) is 18.8 Å². The molecule has 3 unspecified atom stereocenters. The summed E-state index contributed by atoms with van der Waals surface area (Å²) >= 11 is 0. The maximum Gasteiger partial charge on any atom is 0.326 e. The van der Waals surface area contributed by atoms with E-state index < -0.39 is 5.54 Å². The zero-order chi connectivity index (χ0) is 13.9. The fourth-order valence-electron chi connectivity index (χ4n) is 3.39. The lowest BCUT2D eigenvalue weighted by Gasteiger charge is -2.29. The Kier molecular flexibility index (Phi) is 4.81. The van der Waals surface area contributed by atoms with Gasteiger partial charge in [0.15, 0.2) is 0 Å². The Morgan fingerprint density at radius 3 is 2.84 bits per heavy atom. The fraction of sp³-hybridized carbons (Fsp3) is 0.929. The summed E-state index contributed by atoms with van der Waals surface area (Å²) in [6.07, 6.45) is 4.21. The summed E-state index contributed by atoms with van der Waals surface area (Å²) in [6.45, 7) is 4.37. The SMILES string of the molecule is CCOC(=O)C1(NC)CCC(N2CCC(OC)C2)C1. The van der Waals surface area contributed by atoms with Crippen LogP contribution in [-0.2, 0) is 14.3 Å². The normalized spacial score (nSPS) is 35.7. The second-order valence-corrected chi connectivity index (χ2v) is 5.59. The van der Waals surface area contributed by atoms with Crippen molar-refractivity contribution in [2.45, 2.75) is 50.3 Å². The fourth-order valence-corrected chi connectivity index (χ4v) is 3.39. The number of esters is 1. The first-order valence-corrected chi connectivity index (χ1v) is 7.28. The van der Waals surface area contributed by atoms with Gasteiger partial charge in [0.05, 0.1) is 12.7 Å². The molecule has 5 nitrogen and oxygen atoms in total. The van der Waals surface area contributed by atoms with Crippen molar-refractivity contribution < 1.29 is 14.3 Å². The molecule has 0 aromatic carbocycles. The molecule has 1 aliphatic carbocycles. The van der Waals surface area contributed by atoms with Crippen molar-refractivity contribution in [3.8, 4) is 0 Å². The highest BCUT2D eigenvalue weighted by Gasteiger charge is 2.47. The molecule has 0 aromatic rings. The highest BCUT2D eigenvalue weighted by atomic mass is 16.5. The van der Waals surface area contributed by atoms with Gasteiger partial charge in [-0.3, -0.25) is 9.69 Å². The summed E-state index contributed by atoms with van der Waals surface area (Å²) in [5.74, 6) is -0.0949. The predicted molar refractivity (Wildman–Crippen MR) is 73.0 cm³/mol. The van der Waals surface area contributed by atoms with E-state index in [-0.39, 0.29) is 5.97 Å². The van der Waals surface area contributed by atoms with Gasteiger partial charge in [0.1, 0.15) is 5.54 Å². The molecule has 0 spiro atoms. The lowest BCUT2D eigenvalue weighted by Crippen LogP contribution is -2.50. The number of likely N-dealkylation sites (tertiary alicyclic amines) is 1. The molecule has 110 valence electrons. The average molecular weight is 270 g/mol. The van der Waals surface area contributed by atoms with Crippen LogP contribution in [0.4, 0.5) is 0 Å². The predicted octanol–water partition coefficient (Wildman–Crippen LogP) is 0.781. The van der Waals surface area contributed by atoms with Gasteiger partial charge in [0, 0.05) is 26.2 Å². The number of hydrogen-bond donors (Lipinski definition) is 1. The molecule has 0 bridgehead atoms. The van der Waals surface area contributed by atoms with Crippen molar-refractivity contribution in [2.75, 3.05) is 33.9 Å². The number of carbonyl (C=O) groups is 1. The van der Waals surface area contributed by atoms with Crippen LogP contribution in [0.5, 0.6) is 0 Å². The minimum atomic E-state index is -0.480. The number of nitrogens with zero attached hydrogens (tertiary/aromatic N) is 1. The third kappa shape index (κ3) is 2.93. The van der Waals surface area contributed by atoms with Crippen LogP contribution in [0.15, 0.2) is 0 Å². The van der Waals surface area contributed by atoms with Crippen LogP contribution in [0.2, 0.25) is 0 Å². The van der Waals surface area contributed by atoms with E-state index in [1.165, 1.54) is 0 Å². The van der Waals surface area contributed by atoms with Crippen molar-refractivity contribution in [3.63, 3.8) is 0 Å². The van der Waals surface area contributed by atoms with E-state index in [4.69, 9.17) is 9.47 Å². The van der Waals surface area contributed by atoms with Gasteiger partial charge in [-0.1, -0.05) is 0 Å². The second-order valence-electron chi connectivity index (χ2n) is 5.59. The first-order valence-electron chi connectivity index (χ1n) is 7.28. The van der Waals surface area contributed by atoms with Crippen molar-refractivity contribution in [1.29, 1.82) is 0 Å². The summed E-state index contributed by atoms with van der Waals surface area (Å²) in [5.41, 5.74) is -0.480. The van der Waals surface area contributed by atoms with Crippen molar-refractivity contribution in [2.24, 2.45) is 0 Å². The van der Waals surface area contributed by atoms with Gasteiger partial charge in [0.2, 0.25) is 0 Å². The van der Waals surface area contributed by atoms with Crippen LogP contribution in [0.25, 0.3) is 0 Å². The molecule has 2 aliphatic rings. The number of methoxy groups -OCH3 is 1. The molecular formula is C14H26N2O3. The van der Waals surface area contributed by atoms with Crippen LogP contribution in [0, 0.1) is 0 Å². The molecule has 3 atom stereocenters. The summed E-state index contributed by atoms with van der Waals surface area (Å²) < 4.78 is 10.6. The van der Waals surface area contributed by atoms with Gasteiger partial charge in [-0.15, -0.1) is 0 Å². The standard InChI is InChI=1S/C14H26N2O3/c1-4-19-13(17)14(15-2)7-5-11(9-14)16-8-6-12(10-16)18-3/h11-12,15H,4-10H2,1-3H3. The molecule has 0 radical (unpaired) electrons. The van der Waals surface area contributed by atoms with Gasteiger partial charge in [0.25, 0.3) is 0 Å². The van der Waals surface area contributed by atoms with Crippen molar-refractivity contribution in [3.05, 3.63) is 0 Å². The lowest BCUT2D eigenvalue weighted by atomic mass is 9.97. The number of rotatable bonds is 5. The van der Waals surface area contributed by atoms with Gasteiger partial charge in [-0.25, -0.2) is 0 Å². The monoisotopic (exact) mass is 270 g/mol. The number of likely N-dealkylation sites (N-methyl/N-ethyl adjacent to an activating group) is 1. The van der Waals surface area contributed by atoms with Crippen LogP contribution in [0.1, 0.15) is 32.6 Å². The topological polar surface area (TPSA) is 50.8 Å². The summed E-state index contributed by atoms with van der Waals surface area (Å²) in [4.78, 5) is 14.6. The minimum Gasteiger partial charge on any atom is -0.465 e. The largest absolute Gasteiger partial charge is 0.465 e. The quantitative estimate of drug-likeness (QED) is 0.748. The molecule has 0 aromatic heterocycles. The Labute approximate surface area is 115 Å². The minimum absolute atomic E-state index is 0.0949. The van der Waals surface area contributed by atoms with Crippen LogP contribution in [0.3, 0.4) is 0 Å². The Bertz CT molecular complexity index is 324. The molecule has 1 saturated heterocycles. The third-order valence-corrected chi connectivity index (χ3v) is 4.66. The highest BCUT2D eigenvalue weighted by Crippen LogP contribution is 2.35. The van der Waals surface area contributed by atoms with Crippen molar-refractivity contribution in [1.82, 2.24) is 10.2 Å². The van der Waals surface area contributed by atoms with Crippen LogP contribution < -0.4 is 5.32 Å². The van der Waals surface area contributed by atoms with E-state index in [0.717, 1.165) is 38.8 Å². The Morgan fingerprint density at radius 2 is 2.26 bits per heavy atom. The average Bonchev–Trinajstić information content (AvgIpc) is 3.06. The molecule has 1 saturated carbocycles. The molecule has 2 rings (SSSR count). The third-order valence-electron chi connectivity index (χ3n) is 4.66. The van der Waals surface area contributed by atoms with E-state index in [1.54, 1.807) is 7.11 Å². The zero-order valence-electron chi connectivity index (χ0n) is 12.3. The summed E-state index contributed by atoms with van der Waals surface area (Å²) in [6, 6.07) is 0.469. The number of nitrogens with one attached hydrogen (secondary N) is 1. The van der Waals surface area contributed by atoms with E-state index in [2.05, 4.69) is 10.2 Å². The zero-order valence-corrected chi connectivity index (χ0v) is 12.3. The van der Waals surface area contributed by atoms with Gasteiger partial charge in [-0.05, 0) is 39.7 Å². The number of ether oxygens (including phenoxy) is 2. The number of hydrogen-bond acceptors (Lipinski definition) is 5. The van der Waals surface area contributed by atoms with Crippen molar-refractivity contribution >= 4 is 5.97 Å². The Balaban J connectivity index is 1.96. The summed E-state index contributed by atoms with van der Waals surface area (Å²) in [7, 11) is 3.64. The molecule has 2 fully saturated rings. The van der Waals surface area contributed by atoms with Crippen LogP contribution in [-0.4, -0.2) is 62.4 Å². The van der Waals surface area contributed by atoms with E-state index in [1.807, 2.05) is 14.0 Å². The Morgan fingerprint density at radius 1 is 1.47 bits per heavy atom. The molecule has 19 heavy (non-hydrogen) atoms. The Hall–Kier alpha value is -0.650. The maximum absolute atomic E-state index is 12.2. The van der Waals surface area contributed by atoms with Gasteiger partial charge >= 0.3 is 5.97 Å². The molecule has 0 amide bonds. The molecule has 5 heteroatoms.